The number of likely N-dealkylation sites (N-methyl/N-ethyl adjacent to an activating group) is 1. The van der Waals surface area contributed by atoms with E-state index < -0.39 is 0 Å². The van der Waals surface area contributed by atoms with Gasteiger partial charge in [0, 0.05) is 38.9 Å². The van der Waals surface area contributed by atoms with Crippen LogP contribution in [-0.4, -0.2) is 75.9 Å². The lowest BCUT2D eigenvalue weighted by Crippen LogP contribution is -2.50. The van der Waals surface area contributed by atoms with E-state index in [0.29, 0.717) is 6.04 Å². The normalized spacial score (nSPS) is 23.5. The number of hydrogen-bond donors (Lipinski definition) is 1. The van der Waals surface area contributed by atoms with Crippen molar-refractivity contribution in [3.63, 3.8) is 0 Å². The number of methoxy groups -OCH3 is 1. The van der Waals surface area contributed by atoms with Crippen LogP contribution in [0.5, 0.6) is 0 Å². The molecule has 4 nitrogen and oxygen atoms in total. The number of nitrogens with zero attached hydrogens (tertiary/aromatic N) is 2. The largest absolute Gasteiger partial charge is 0.385 e. The van der Waals surface area contributed by atoms with Gasteiger partial charge in [0.25, 0.3) is 0 Å². The summed E-state index contributed by atoms with van der Waals surface area (Å²) in [6.07, 6.45) is 3.78. The summed E-state index contributed by atoms with van der Waals surface area (Å²) < 4.78 is 5.05. The van der Waals surface area contributed by atoms with Gasteiger partial charge in [-0.1, -0.05) is 0 Å². The molecule has 4 heteroatoms. The molecule has 1 aliphatic rings. The molecule has 1 fully saturated rings. The van der Waals surface area contributed by atoms with Gasteiger partial charge in [0.2, 0.25) is 0 Å². The quantitative estimate of drug-likeness (QED) is 0.657. The van der Waals surface area contributed by atoms with Gasteiger partial charge in [0.1, 0.15) is 0 Å². The van der Waals surface area contributed by atoms with Gasteiger partial charge in [-0.15, -0.1) is 0 Å². The summed E-state index contributed by atoms with van der Waals surface area (Å²) >= 11 is 0. The zero-order valence-corrected chi connectivity index (χ0v) is 12.6. The first kappa shape index (κ1) is 15.9. The van der Waals surface area contributed by atoms with Gasteiger partial charge in [0.05, 0.1) is 0 Å². The second-order valence-corrected chi connectivity index (χ2v) is 5.65. The highest BCUT2D eigenvalue weighted by atomic mass is 16.5. The van der Waals surface area contributed by atoms with E-state index in [-0.39, 0.29) is 0 Å². The predicted octanol–water partition coefficient (Wildman–Crippen LogP) is 1.03. The number of likely N-dealkylation sites (tertiary alicyclic amines) is 1. The van der Waals surface area contributed by atoms with Crippen LogP contribution in [0.25, 0.3) is 0 Å². The third-order valence-corrected chi connectivity index (χ3v) is 3.92. The molecule has 18 heavy (non-hydrogen) atoms. The fourth-order valence-corrected chi connectivity index (χ4v) is 2.59. The monoisotopic (exact) mass is 257 g/mol. The second kappa shape index (κ2) is 8.86. The Morgan fingerprint density at radius 2 is 2.22 bits per heavy atom. The van der Waals surface area contributed by atoms with Gasteiger partial charge >= 0.3 is 0 Å². The zero-order chi connectivity index (χ0) is 13.4. The van der Waals surface area contributed by atoms with Crippen LogP contribution in [0.15, 0.2) is 0 Å². The summed E-state index contributed by atoms with van der Waals surface area (Å²) in [6, 6.07) is 1.37. The summed E-state index contributed by atoms with van der Waals surface area (Å²) in [4.78, 5) is 4.99. The second-order valence-electron chi connectivity index (χ2n) is 5.65. The molecule has 0 aromatic rings. The van der Waals surface area contributed by atoms with Crippen LogP contribution in [0.2, 0.25) is 0 Å². The highest BCUT2D eigenvalue weighted by molar-refractivity contribution is 4.81. The summed E-state index contributed by atoms with van der Waals surface area (Å²) in [6.45, 7) is 7.81. The lowest BCUT2D eigenvalue weighted by Gasteiger charge is -2.39. The molecule has 1 heterocycles. The van der Waals surface area contributed by atoms with E-state index in [9.17, 15) is 0 Å². The van der Waals surface area contributed by atoms with Crippen LogP contribution in [0.3, 0.4) is 0 Å². The van der Waals surface area contributed by atoms with Gasteiger partial charge in [-0.25, -0.2) is 0 Å². The maximum Gasteiger partial charge on any atom is 0.0474 e. The Morgan fingerprint density at radius 3 is 2.89 bits per heavy atom. The third-order valence-electron chi connectivity index (χ3n) is 3.92. The smallest absolute Gasteiger partial charge is 0.0474 e. The Labute approximate surface area is 113 Å². The summed E-state index contributed by atoms with van der Waals surface area (Å²) in [7, 11) is 6.15. The fourth-order valence-electron chi connectivity index (χ4n) is 2.59. The molecule has 0 spiro atoms. The Hall–Kier alpha value is -0.160. The highest BCUT2D eigenvalue weighted by Crippen LogP contribution is 2.15. The van der Waals surface area contributed by atoms with E-state index in [1.165, 1.54) is 25.9 Å². The van der Waals surface area contributed by atoms with Gasteiger partial charge in [0.15, 0.2) is 0 Å². The van der Waals surface area contributed by atoms with E-state index in [2.05, 4.69) is 36.1 Å². The molecular weight excluding hydrogens is 226 g/mol. The molecule has 1 rings (SSSR count). The van der Waals surface area contributed by atoms with Gasteiger partial charge in [-0.3, -0.25) is 4.90 Å². The van der Waals surface area contributed by atoms with Crippen LogP contribution in [-0.2, 0) is 4.74 Å². The van der Waals surface area contributed by atoms with Crippen molar-refractivity contribution in [2.75, 3.05) is 54.0 Å². The van der Waals surface area contributed by atoms with Gasteiger partial charge in [-0.2, -0.15) is 0 Å². The van der Waals surface area contributed by atoms with Crippen molar-refractivity contribution in [1.82, 2.24) is 15.1 Å². The molecule has 1 aliphatic heterocycles. The zero-order valence-electron chi connectivity index (χ0n) is 12.6. The van der Waals surface area contributed by atoms with Gasteiger partial charge < -0.3 is 15.0 Å². The van der Waals surface area contributed by atoms with Crippen LogP contribution in [0.4, 0.5) is 0 Å². The molecule has 0 aliphatic carbocycles. The lowest BCUT2D eigenvalue weighted by molar-refractivity contribution is 0.101. The van der Waals surface area contributed by atoms with E-state index in [1.54, 1.807) is 7.11 Å². The lowest BCUT2D eigenvalue weighted by atomic mass is 10.0. The minimum Gasteiger partial charge on any atom is -0.385 e. The molecule has 2 atom stereocenters. The molecule has 0 bridgehead atoms. The fraction of sp³-hybridized carbons (Fsp3) is 1.00. The molecule has 108 valence electrons. The molecule has 1 N–H and O–H groups in total. The van der Waals surface area contributed by atoms with Gasteiger partial charge in [-0.05, 0) is 53.4 Å². The molecule has 0 aromatic carbocycles. The average molecular weight is 257 g/mol. The number of rotatable bonds is 8. The van der Waals surface area contributed by atoms with Crippen LogP contribution in [0, 0.1) is 0 Å². The van der Waals surface area contributed by atoms with E-state index in [4.69, 9.17) is 4.74 Å². The molecule has 0 radical (unpaired) electrons. The Balaban J connectivity index is 2.18. The van der Waals surface area contributed by atoms with Crippen molar-refractivity contribution in [2.45, 2.75) is 38.3 Å². The van der Waals surface area contributed by atoms with E-state index >= 15 is 0 Å². The number of ether oxygens (including phenoxy) is 1. The molecule has 2 unspecified atom stereocenters. The number of nitrogens with one attached hydrogen (secondary N) is 1. The molecular formula is C14H31N3O. The van der Waals surface area contributed by atoms with Crippen LogP contribution < -0.4 is 5.32 Å². The van der Waals surface area contributed by atoms with Crippen molar-refractivity contribution >= 4 is 0 Å². The summed E-state index contributed by atoms with van der Waals surface area (Å²) in [5.74, 6) is 0. The number of hydrogen-bond acceptors (Lipinski definition) is 4. The van der Waals surface area contributed by atoms with Crippen molar-refractivity contribution in [3.05, 3.63) is 0 Å². The Kier molecular flexibility index (Phi) is 7.82. The minimum atomic E-state index is 0.635. The molecule has 0 saturated carbocycles. The SMILES string of the molecule is COCCCNCC(C)N1CCCC(N(C)C)C1. The maximum atomic E-state index is 5.05. The first-order valence-electron chi connectivity index (χ1n) is 7.25. The third kappa shape index (κ3) is 5.65. The van der Waals surface area contributed by atoms with E-state index in [1.807, 2.05) is 0 Å². The predicted molar refractivity (Wildman–Crippen MR) is 77.1 cm³/mol. The molecule has 0 amide bonds. The van der Waals surface area contributed by atoms with Crippen molar-refractivity contribution in [2.24, 2.45) is 0 Å². The average Bonchev–Trinajstić information content (AvgIpc) is 2.38. The van der Waals surface area contributed by atoms with Crippen LogP contribution >= 0.6 is 0 Å². The summed E-state index contributed by atoms with van der Waals surface area (Å²) in [5.41, 5.74) is 0. The maximum absolute atomic E-state index is 5.05. The standard InChI is InChI=1S/C14H31N3O/c1-13(11-15-8-6-10-18-4)17-9-5-7-14(12-17)16(2)3/h13-15H,5-12H2,1-4H3. The van der Waals surface area contributed by atoms with Crippen molar-refractivity contribution in [1.29, 1.82) is 0 Å². The summed E-state index contributed by atoms with van der Waals surface area (Å²) in [5, 5.41) is 3.53. The topological polar surface area (TPSA) is 27.7 Å². The minimum absolute atomic E-state index is 0.635. The van der Waals surface area contributed by atoms with Crippen LogP contribution in [0.1, 0.15) is 26.2 Å². The Morgan fingerprint density at radius 1 is 1.44 bits per heavy atom. The van der Waals surface area contributed by atoms with E-state index in [0.717, 1.165) is 32.2 Å². The first-order chi connectivity index (χ1) is 8.65. The number of piperidine rings is 1. The highest BCUT2D eigenvalue weighted by Gasteiger charge is 2.24. The first-order valence-corrected chi connectivity index (χ1v) is 7.25. The van der Waals surface area contributed by atoms with Crippen molar-refractivity contribution < 1.29 is 4.74 Å². The van der Waals surface area contributed by atoms with Crippen molar-refractivity contribution in [3.8, 4) is 0 Å². The Bertz CT molecular complexity index is 211. The molecule has 0 aromatic heterocycles. The molecule has 1 saturated heterocycles.